The van der Waals surface area contributed by atoms with E-state index in [1.165, 1.54) is 0 Å². The molecule has 7 heteroatoms. The van der Waals surface area contributed by atoms with Crippen LogP contribution in [0.25, 0.3) is 11.3 Å². The number of carbonyl (C=O) groups is 1. The zero-order chi connectivity index (χ0) is 22.3. The van der Waals surface area contributed by atoms with Gasteiger partial charge in [-0.1, -0.05) is 11.6 Å². The Morgan fingerprint density at radius 1 is 1.06 bits per heavy atom. The number of piperidine rings is 1. The molecule has 1 aromatic heterocycles. The lowest BCUT2D eigenvalue weighted by atomic mass is 9.82. The molecule has 2 aliphatic rings. The van der Waals surface area contributed by atoms with Crippen LogP contribution in [-0.4, -0.2) is 41.8 Å². The quantitative estimate of drug-likeness (QED) is 0.553. The van der Waals surface area contributed by atoms with Gasteiger partial charge in [0.1, 0.15) is 17.1 Å². The number of rotatable bonds is 3. The van der Waals surface area contributed by atoms with Crippen LogP contribution in [0.5, 0.6) is 11.5 Å². The molecule has 3 heterocycles. The summed E-state index contributed by atoms with van der Waals surface area (Å²) in [6.45, 7) is 3.44. The summed E-state index contributed by atoms with van der Waals surface area (Å²) in [5.74, 6) is 2.40. The average Bonchev–Trinajstić information content (AvgIpc) is 2.81. The molecule has 5 rings (SSSR count). The minimum atomic E-state index is -0.461. The van der Waals surface area contributed by atoms with Crippen LogP contribution in [0.4, 0.5) is 5.82 Å². The maximum atomic E-state index is 12.8. The monoisotopic (exact) mass is 449 g/mol. The molecule has 2 aromatic carbocycles. The first-order valence-corrected chi connectivity index (χ1v) is 11.1. The van der Waals surface area contributed by atoms with Gasteiger partial charge in [-0.25, -0.2) is 0 Å². The molecule has 0 unspecified atom stereocenters. The van der Waals surface area contributed by atoms with Gasteiger partial charge < -0.3 is 14.4 Å². The molecule has 3 aromatic rings. The van der Waals surface area contributed by atoms with E-state index in [1.54, 1.807) is 13.2 Å². The van der Waals surface area contributed by atoms with Gasteiger partial charge in [0.15, 0.2) is 11.6 Å². The van der Waals surface area contributed by atoms with Crippen molar-refractivity contribution in [2.45, 2.75) is 31.8 Å². The van der Waals surface area contributed by atoms with E-state index in [4.69, 9.17) is 21.1 Å². The van der Waals surface area contributed by atoms with Crippen LogP contribution >= 0.6 is 11.6 Å². The topological polar surface area (TPSA) is 64.5 Å². The SMILES string of the molecule is COc1ccc(-c2ccc(N3CCC4(CC3)CC(=O)c3cc(Cl)c(C)cc3O4)nn2)cc1. The van der Waals surface area contributed by atoms with Crippen LogP contribution < -0.4 is 14.4 Å². The Labute approximate surface area is 192 Å². The standard InChI is InChI=1S/C25H24ClN3O3/c1-16-13-23-19(14-20(16)26)22(30)15-25(32-23)9-11-29(12-10-25)24-8-7-21(27-28-24)17-3-5-18(31-2)6-4-17/h3-8,13-14H,9-12,15H2,1-2H3. The van der Waals surface area contributed by atoms with Gasteiger partial charge in [-0.05, 0) is 61.0 Å². The lowest BCUT2D eigenvalue weighted by Gasteiger charge is -2.44. The highest BCUT2D eigenvalue weighted by molar-refractivity contribution is 6.31. The number of nitrogens with zero attached hydrogens (tertiary/aromatic N) is 3. The molecular formula is C25H24ClN3O3. The lowest BCUT2D eigenvalue weighted by molar-refractivity contribution is 0.0230. The van der Waals surface area contributed by atoms with Crippen molar-refractivity contribution in [1.82, 2.24) is 10.2 Å². The average molecular weight is 450 g/mol. The first-order valence-electron chi connectivity index (χ1n) is 10.7. The Kier molecular flexibility index (Phi) is 5.25. The Morgan fingerprint density at radius 3 is 2.47 bits per heavy atom. The summed E-state index contributed by atoms with van der Waals surface area (Å²) in [5, 5.41) is 9.46. The minimum absolute atomic E-state index is 0.102. The fraction of sp³-hybridized carbons (Fsp3) is 0.320. The normalized spacial score (nSPS) is 17.1. The predicted octanol–water partition coefficient (Wildman–Crippen LogP) is 5.12. The van der Waals surface area contributed by atoms with Crippen molar-refractivity contribution in [1.29, 1.82) is 0 Å². The van der Waals surface area contributed by atoms with Gasteiger partial charge in [0.05, 0.1) is 24.8 Å². The number of ether oxygens (including phenoxy) is 2. The van der Waals surface area contributed by atoms with E-state index >= 15 is 0 Å². The second kappa shape index (κ2) is 8.10. The molecule has 0 aliphatic carbocycles. The van der Waals surface area contributed by atoms with Crippen LogP contribution in [0.2, 0.25) is 5.02 Å². The van der Waals surface area contributed by atoms with E-state index in [1.807, 2.05) is 49.4 Å². The number of aromatic nitrogens is 2. The molecule has 1 saturated heterocycles. The molecule has 164 valence electrons. The summed E-state index contributed by atoms with van der Waals surface area (Å²) in [4.78, 5) is 15.0. The molecule has 0 atom stereocenters. The van der Waals surface area contributed by atoms with E-state index in [-0.39, 0.29) is 5.78 Å². The number of methoxy groups -OCH3 is 1. The Morgan fingerprint density at radius 2 is 1.81 bits per heavy atom. The van der Waals surface area contributed by atoms with Crippen LogP contribution in [0, 0.1) is 6.92 Å². The Bertz CT molecular complexity index is 1150. The number of benzene rings is 2. The summed E-state index contributed by atoms with van der Waals surface area (Å²) >= 11 is 6.21. The highest BCUT2D eigenvalue weighted by Gasteiger charge is 2.43. The van der Waals surface area contributed by atoms with Gasteiger partial charge in [0.25, 0.3) is 0 Å². The molecular weight excluding hydrogens is 426 g/mol. The van der Waals surface area contributed by atoms with Crippen molar-refractivity contribution in [3.05, 3.63) is 64.7 Å². The van der Waals surface area contributed by atoms with Crippen molar-refractivity contribution in [3.63, 3.8) is 0 Å². The largest absolute Gasteiger partial charge is 0.497 e. The van der Waals surface area contributed by atoms with Crippen molar-refractivity contribution in [2.75, 3.05) is 25.1 Å². The van der Waals surface area contributed by atoms with E-state index in [9.17, 15) is 4.79 Å². The number of halogens is 1. The molecule has 32 heavy (non-hydrogen) atoms. The maximum Gasteiger partial charge on any atom is 0.170 e. The highest BCUT2D eigenvalue weighted by Crippen LogP contribution is 2.41. The molecule has 0 saturated carbocycles. The van der Waals surface area contributed by atoms with Crippen molar-refractivity contribution >= 4 is 23.2 Å². The zero-order valence-electron chi connectivity index (χ0n) is 18.1. The fourth-order valence-corrected chi connectivity index (χ4v) is 4.61. The number of hydrogen-bond donors (Lipinski definition) is 0. The summed E-state index contributed by atoms with van der Waals surface area (Å²) in [6, 6.07) is 15.4. The molecule has 6 nitrogen and oxygen atoms in total. The first-order chi connectivity index (χ1) is 15.5. The van der Waals surface area contributed by atoms with E-state index in [2.05, 4.69) is 15.1 Å². The molecule has 0 radical (unpaired) electrons. The highest BCUT2D eigenvalue weighted by atomic mass is 35.5. The van der Waals surface area contributed by atoms with Gasteiger partial charge in [-0.2, -0.15) is 0 Å². The molecule has 1 spiro atoms. The number of carbonyl (C=O) groups excluding carboxylic acids is 1. The number of fused-ring (bicyclic) bond motifs is 1. The van der Waals surface area contributed by atoms with E-state index < -0.39 is 5.60 Å². The van der Waals surface area contributed by atoms with Gasteiger partial charge >= 0.3 is 0 Å². The summed E-state index contributed by atoms with van der Waals surface area (Å²) in [7, 11) is 1.65. The van der Waals surface area contributed by atoms with E-state index in [0.29, 0.717) is 22.8 Å². The van der Waals surface area contributed by atoms with E-state index in [0.717, 1.165) is 54.3 Å². The molecule has 0 amide bonds. The second-order valence-corrected chi connectivity index (χ2v) is 8.88. The molecule has 2 aliphatic heterocycles. The van der Waals surface area contributed by atoms with Crippen molar-refractivity contribution in [3.8, 4) is 22.8 Å². The van der Waals surface area contributed by atoms with Gasteiger partial charge in [0.2, 0.25) is 0 Å². The molecule has 0 N–H and O–H groups in total. The van der Waals surface area contributed by atoms with Crippen LogP contribution in [0.1, 0.15) is 35.2 Å². The maximum absolute atomic E-state index is 12.8. The summed E-state index contributed by atoms with van der Waals surface area (Å²) in [5.41, 5.74) is 2.85. The number of anilines is 1. The third-order valence-electron chi connectivity index (χ3n) is 6.41. The summed E-state index contributed by atoms with van der Waals surface area (Å²) in [6.07, 6.45) is 1.89. The van der Waals surface area contributed by atoms with Gasteiger partial charge in [-0.3, -0.25) is 4.79 Å². The first kappa shape index (κ1) is 20.8. The minimum Gasteiger partial charge on any atom is -0.497 e. The number of Topliss-reactive ketones (excluding diaryl/α,β-unsaturated/α-hetero) is 1. The van der Waals surface area contributed by atoms with Crippen molar-refractivity contribution in [2.24, 2.45) is 0 Å². The van der Waals surface area contributed by atoms with Crippen LogP contribution in [0.3, 0.4) is 0 Å². The van der Waals surface area contributed by atoms with Crippen molar-refractivity contribution < 1.29 is 14.3 Å². The Balaban J connectivity index is 1.28. The van der Waals surface area contributed by atoms with Gasteiger partial charge in [0, 0.05) is 36.5 Å². The number of aryl methyl sites for hydroxylation is 1. The summed E-state index contributed by atoms with van der Waals surface area (Å²) < 4.78 is 11.6. The predicted molar refractivity (Wildman–Crippen MR) is 124 cm³/mol. The number of ketones is 1. The molecule has 0 bridgehead atoms. The number of hydrogen-bond acceptors (Lipinski definition) is 6. The third kappa shape index (κ3) is 3.79. The van der Waals surface area contributed by atoms with Crippen LogP contribution in [0.15, 0.2) is 48.5 Å². The Hall–Kier alpha value is -3.12. The third-order valence-corrected chi connectivity index (χ3v) is 6.81. The second-order valence-electron chi connectivity index (χ2n) is 8.47. The zero-order valence-corrected chi connectivity index (χ0v) is 18.9. The lowest BCUT2D eigenvalue weighted by Crippen LogP contribution is -2.51. The molecule has 1 fully saturated rings. The fourth-order valence-electron chi connectivity index (χ4n) is 4.45. The van der Waals surface area contributed by atoms with Crippen LogP contribution in [-0.2, 0) is 0 Å². The van der Waals surface area contributed by atoms with Gasteiger partial charge in [-0.15, -0.1) is 10.2 Å². The smallest absolute Gasteiger partial charge is 0.170 e.